The molecule has 5 heteroatoms. The maximum Gasteiger partial charge on any atom is 0.185 e. The average Bonchev–Trinajstić information content (AvgIpc) is 2.74. The molecule has 0 saturated heterocycles. The molecule has 1 aliphatic rings. The maximum absolute atomic E-state index is 12.8. The number of hydrogen-bond acceptors (Lipinski definition) is 3. The number of para-hydroxylation sites is 1. The number of alkyl halides is 1. The molecule has 1 aliphatic carbocycles. The highest BCUT2D eigenvalue weighted by Crippen LogP contribution is 2.42. The van der Waals surface area contributed by atoms with Gasteiger partial charge in [-0.25, -0.2) is 0 Å². The molecule has 0 heterocycles. The fraction of sp³-hybridized carbons (Fsp3) is 0.444. The second-order valence-corrected chi connectivity index (χ2v) is 6.35. The van der Waals surface area contributed by atoms with E-state index in [9.17, 15) is 9.50 Å². The van der Waals surface area contributed by atoms with Crippen LogP contribution in [0, 0.1) is 0 Å². The zero-order valence-corrected chi connectivity index (χ0v) is 15.0. The molecular formula is C18H22BrFO3. The molecule has 1 N–H and O–H groups in total. The Morgan fingerprint density at radius 2 is 2.00 bits per heavy atom. The molecule has 0 aromatic heterocycles. The fourth-order valence-corrected chi connectivity index (χ4v) is 3.28. The van der Waals surface area contributed by atoms with Gasteiger partial charge in [0, 0.05) is 13.0 Å². The Kier molecular flexibility index (Phi) is 6.25. The Bertz CT molecular complexity index is 612. The van der Waals surface area contributed by atoms with Crippen molar-refractivity contribution in [1.29, 1.82) is 0 Å². The lowest BCUT2D eigenvalue weighted by atomic mass is 9.95. The second-order valence-electron chi connectivity index (χ2n) is 5.50. The molecule has 0 spiro atoms. The molecule has 0 amide bonds. The van der Waals surface area contributed by atoms with Crippen LogP contribution in [0.2, 0.25) is 0 Å². The predicted molar refractivity (Wildman–Crippen MR) is 92.9 cm³/mol. The van der Waals surface area contributed by atoms with Gasteiger partial charge in [-0.15, -0.1) is 0 Å². The van der Waals surface area contributed by atoms with Crippen molar-refractivity contribution in [1.82, 2.24) is 0 Å². The second kappa shape index (κ2) is 7.97. The highest BCUT2D eigenvalue weighted by atomic mass is 79.9. The Hall–Kier alpha value is -1.33. The van der Waals surface area contributed by atoms with Crippen LogP contribution in [-0.2, 0) is 11.2 Å². The van der Waals surface area contributed by atoms with E-state index in [1.54, 1.807) is 13.0 Å². The summed E-state index contributed by atoms with van der Waals surface area (Å²) in [5.41, 5.74) is 0.661. The first-order chi connectivity index (χ1) is 11.0. The van der Waals surface area contributed by atoms with Crippen molar-refractivity contribution < 1.29 is 19.0 Å². The molecule has 0 saturated carbocycles. The minimum atomic E-state index is -1.05. The minimum absolute atomic E-state index is 0.0700. The summed E-state index contributed by atoms with van der Waals surface area (Å²) < 4.78 is 24.9. The van der Waals surface area contributed by atoms with Gasteiger partial charge in [0.05, 0.1) is 17.8 Å². The van der Waals surface area contributed by atoms with Gasteiger partial charge < -0.3 is 14.6 Å². The third-order valence-corrected chi connectivity index (χ3v) is 4.57. The molecule has 1 aromatic carbocycles. The quantitative estimate of drug-likeness (QED) is 0.649. The van der Waals surface area contributed by atoms with E-state index >= 15 is 0 Å². The molecule has 1 unspecified atom stereocenters. The van der Waals surface area contributed by atoms with Crippen LogP contribution >= 0.6 is 15.9 Å². The van der Waals surface area contributed by atoms with Gasteiger partial charge in [-0.2, -0.15) is 0 Å². The lowest BCUT2D eigenvalue weighted by Crippen LogP contribution is -2.36. The van der Waals surface area contributed by atoms with E-state index in [1.165, 1.54) is 0 Å². The van der Waals surface area contributed by atoms with Crippen molar-refractivity contribution in [2.45, 2.75) is 32.3 Å². The van der Waals surface area contributed by atoms with Gasteiger partial charge in [-0.05, 0) is 59.5 Å². The molecule has 126 valence electrons. The summed E-state index contributed by atoms with van der Waals surface area (Å²) in [6.45, 7) is 4.49. The monoisotopic (exact) mass is 384 g/mol. The van der Waals surface area contributed by atoms with Crippen molar-refractivity contribution >= 4 is 15.9 Å². The lowest BCUT2D eigenvalue weighted by molar-refractivity contribution is 0.109. The van der Waals surface area contributed by atoms with Gasteiger partial charge in [-0.1, -0.05) is 18.2 Å². The summed E-state index contributed by atoms with van der Waals surface area (Å²) in [5.74, 6) is 0.744. The molecule has 0 bridgehead atoms. The largest absolute Gasteiger partial charge is 0.507 e. The Labute approximate surface area is 144 Å². The van der Waals surface area contributed by atoms with E-state index in [0.717, 1.165) is 5.56 Å². The van der Waals surface area contributed by atoms with E-state index in [1.807, 2.05) is 31.2 Å². The molecule has 1 atom stereocenters. The first kappa shape index (κ1) is 18.0. The van der Waals surface area contributed by atoms with E-state index < -0.39 is 12.3 Å². The number of allylic oxidation sites excluding steroid dienone is 2. The van der Waals surface area contributed by atoms with Gasteiger partial charge in [0.1, 0.15) is 5.75 Å². The van der Waals surface area contributed by atoms with Crippen LogP contribution in [0.5, 0.6) is 5.75 Å². The lowest BCUT2D eigenvalue weighted by Gasteiger charge is -2.30. The summed E-state index contributed by atoms with van der Waals surface area (Å²) in [4.78, 5) is 0. The molecule has 0 radical (unpaired) electrons. The van der Waals surface area contributed by atoms with Gasteiger partial charge in [0.25, 0.3) is 0 Å². The minimum Gasteiger partial charge on any atom is -0.507 e. The summed E-state index contributed by atoms with van der Waals surface area (Å²) in [6, 6.07) is 7.65. The first-order valence-electron chi connectivity index (χ1n) is 7.73. The zero-order valence-electron chi connectivity index (χ0n) is 13.4. The molecule has 0 fully saturated rings. The summed E-state index contributed by atoms with van der Waals surface area (Å²) in [5, 5.41) is 10.4. The molecule has 2 rings (SSSR count). The van der Waals surface area contributed by atoms with Gasteiger partial charge in [-0.3, -0.25) is 4.39 Å². The van der Waals surface area contributed by atoms with Crippen LogP contribution in [-0.4, -0.2) is 30.6 Å². The number of aliphatic hydroxyl groups excluding tert-OH is 1. The molecule has 0 aliphatic heterocycles. The molecule has 23 heavy (non-hydrogen) atoms. The van der Waals surface area contributed by atoms with Crippen molar-refractivity contribution in [2.24, 2.45) is 0 Å². The van der Waals surface area contributed by atoms with Crippen LogP contribution < -0.4 is 4.74 Å². The number of halogens is 2. The number of ether oxygens (including phenoxy) is 2. The smallest absolute Gasteiger partial charge is 0.185 e. The van der Waals surface area contributed by atoms with Crippen LogP contribution in [0.15, 0.2) is 46.2 Å². The fourth-order valence-electron chi connectivity index (χ4n) is 2.62. The highest BCUT2D eigenvalue weighted by molar-refractivity contribution is 9.11. The van der Waals surface area contributed by atoms with Crippen LogP contribution in [0.4, 0.5) is 4.39 Å². The van der Waals surface area contributed by atoms with Crippen LogP contribution in [0.1, 0.15) is 25.8 Å². The zero-order chi connectivity index (χ0) is 16.9. The SMILES string of the molecule is CCOCCc1ccccc1OC1(C)C(CCF)=CC(Br)=C1O. The third-order valence-electron chi connectivity index (χ3n) is 3.96. The van der Waals surface area contributed by atoms with Crippen molar-refractivity contribution in [3.8, 4) is 5.75 Å². The summed E-state index contributed by atoms with van der Waals surface area (Å²) in [7, 11) is 0. The number of rotatable bonds is 8. The van der Waals surface area contributed by atoms with E-state index in [-0.39, 0.29) is 12.2 Å². The van der Waals surface area contributed by atoms with Crippen LogP contribution in [0.3, 0.4) is 0 Å². The molecular weight excluding hydrogens is 363 g/mol. The summed E-state index contributed by atoms with van der Waals surface area (Å²) in [6.07, 6.45) is 2.67. The van der Waals surface area contributed by atoms with E-state index in [2.05, 4.69) is 15.9 Å². The highest BCUT2D eigenvalue weighted by Gasteiger charge is 2.41. The van der Waals surface area contributed by atoms with Crippen LogP contribution in [0.25, 0.3) is 0 Å². The summed E-state index contributed by atoms with van der Waals surface area (Å²) >= 11 is 3.30. The van der Waals surface area contributed by atoms with E-state index in [0.29, 0.717) is 35.4 Å². The van der Waals surface area contributed by atoms with E-state index in [4.69, 9.17) is 9.47 Å². The molecule has 1 aromatic rings. The third kappa shape index (κ3) is 3.96. The first-order valence-corrected chi connectivity index (χ1v) is 8.53. The topological polar surface area (TPSA) is 38.7 Å². The number of hydrogen-bond donors (Lipinski definition) is 1. The Morgan fingerprint density at radius 3 is 2.70 bits per heavy atom. The van der Waals surface area contributed by atoms with Gasteiger partial charge >= 0.3 is 0 Å². The Morgan fingerprint density at radius 1 is 1.26 bits per heavy atom. The number of benzene rings is 1. The standard InChI is InChI=1S/C18H22BrFO3/c1-3-22-11-9-13-6-4-5-7-16(13)23-18(2)14(8-10-20)12-15(19)17(18)21/h4-7,12,21H,3,8-11H2,1-2H3. The van der Waals surface area contributed by atoms with Gasteiger partial charge in [0.2, 0.25) is 0 Å². The Balaban J connectivity index is 2.25. The average molecular weight is 385 g/mol. The van der Waals surface area contributed by atoms with Crippen molar-refractivity contribution in [3.05, 3.63) is 51.7 Å². The maximum atomic E-state index is 12.8. The van der Waals surface area contributed by atoms with Crippen molar-refractivity contribution in [2.75, 3.05) is 19.9 Å². The molecule has 3 nitrogen and oxygen atoms in total. The normalized spacial score (nSPS) is 20.8. The van der Waals surface area contributed by atoms with Crippen molar-refractivity contribution in [3.63, 3.8) is 0 Å². The number of aliphatic hydroxyl groups is 1. The van der Waals surface area contributed by atoms with Gasteiger partial charge in [0.15, 0.2) is 11.4 Å². The predicted octanol–water partition coefficient (Wildman–Crippen LogP) is 4.87.